The summed E-state index contributed by atoms with van der Waals surface area (Å²) in [4.78, 5) is 173. The Morgan fingerprint density at radius 1 is 0.671 bits per heavy atom. The second-order valence-corrected chi connectivity index (χ2v) is 21.4. The van der Waals surface area contributed by atoms with Gasteiger partial charge in [0, 0.05) is 44.2 Å². The molecule has 19 N–H and O–H groups in total. The Hall–Kier alpha value is -7.57. The number of nitrogens with two attached hydrogens (primary N) is 3. The number of carbonyl (C=O) groups excluding carboxylic acids is 11. The topological polar surface area (TPSA) is 485 Å². The summed E-state index contributed by atoms with van der Waals surface area (Å²) in [5.41, 5.74) is 16.9. The number of aliphatic hydroxyl groups is 1. The summed E-state index contributed by atoms with van der Waals surface area (Å²) in [5.74, 6) is -11.0. The third kappa shape index (κ3) is 27.3. The average Bonchev–Trinajstić information content (AvgIpc) is 3.98. The number of guanidine groups is 1. The van der Waals surface area contributed by atoms with E-state index in [0.29, 0.717) is 43.6 Å². The fourth-order valence-electron chi connectivity index (χ4n) is 8.36. The van der Waals surface area contributed by atoms with Crippen LogP contribution in [0.5, 0.6) is 0 Å². The Balaban J connectivity index is 2.65. The first-order valence-corrected chi connectivity index (χ1v) is 28.9. The van der Waals surface area contributed by atoms with Gasteiger partial charge in [0.15, 0.2) is 5.96 Å². The number of aliphatic carboxylic acids is 1. The van der Waals surface area contributed by atoms with E-state index in [2.05, 4.69) is 68.1 Å². The van der Waals surface area contributed by atoms with Crippen molar-refractivity contribution in [2.75, 3.05) is 25.1 Å². The summed E-state index contributed by atoms with van der Waals surface area (Å²) < 4.78 is 0. The number of carboxylic acids is 1. The average molecular weight is 1180 g/mol. The van der Waals surface area contributed by atoms with Crippen LogP contribution in [0.15, 0.2) is 17.5 Å². The molecule has 1 aliphatic heterocycles. The lowest BCUT2D eigenvalue weighted by Crippen LogP contribution is -2.61. The van der Waals surface area contributed by atoms with Gasteiger partial charge in [0.1, 0.15) is 54.4 Å². The SMILES string of the molecule is CCC[C@@H]1NC(=O)[C@H](C)NC(=O)[C@H](CCSC)NC(=O)[C@H](CCCN=C(N)N)NC(=O)[C@H](CCC(=O)O)NC(=O)[C@H]([C@@H](C)O)NC(=O)CCCCCCNC(=O)[C@H](CC(C)C)NC(=O)[C@H](CC(N)=O)NC(=O)[C@H](Cc2cnc[nH]2)NC1=O. The number of aliphatic hydroxyl groups excluding tert-OH is 1. The maximum atomic E-state index is 14.2. The van der Waals surface area contributed by atoms with Gasteiger partial charge in [0.05, 0.1) is 18.9 Å². The molecular weight excluding hydrogens is 1090 g/mol. The maximum Gasteiger partial charge on any atom is 0.303 e. The highest BCUT2D eigenvalue weighted by Crippen LogP contribution is 2.12. The number of nitrogens with one attached hydrogen (secondary N) is 11. The van der Waals surface area contributed by atoms with Crippen LogP contribution >= 0.6 is 11.8 Å². The minimum Gasteiger partial charge on any atom is -0.481 e. The molecule has 0 spiro atoms. The van der Waals surface area contributed by atoms with Crippen molar-refractivity contribution in [3.05, 3.63) is 18.2 Å². The molecule has 10 atom stereocenters. The number of aromatic amines is 1. The normalized spacial score (nSPS) is 24.9. The van der Waals surface area contributed by atoms with E-state index in [1.165, 1.54) is 38.1 Å². The second kappa shape index (κ2) is 37.4. The molecule has 82 heavy (non-hydrogen) atoms. The molecular formula is C51H86N16O14S. The highest BCUT2D eigenvalue weighted by atomic mass is 32.2. The number of aromatic nitrogens is 2. The minimum absolute atomic E-state index is 0.00194. The van der Waals surface area contributed by atoms with Crippen molar-refractivity contribution in [2.45, 2.75) is 191 Å². The molecule has 0 aromatic carbocycles. The van der Waals surface area contributed by atoms with Gasteiger partial charge in [0.25, 0.3) is 0 Å². The lowest BCUT2D eigenvalue weighted by Gasteiger charge is -2.28. The van der Waals surface area contributed by atoms with Crippen LogP contribution in [0.25, 0.3) is 0 Å². The van der Waals surface area contributed by atoms with E-state index in [0.717, 1.165) is 0 Å². The number of H-pyrrole nitrogens is 1. The van der Waals surface area contributed by atoms with Crippen molar-refractivity contribution in [2.24, 2.45) is 28.1 Å². The molecule has 30 nitrogen and oxygen atoms in total. The van der Waals surface area contributed by atoms with Crippen molar-refractivity contribution in [1.82, 2.24) is 63.1 Å². The Labute approximate surface area is 480 Å². The number of hydrogen-bond donors (Lipinski definition) is 16. The molecule has 1 aromatic heterocycles. The highest BCUT2D eigenvalue weighted by molar-refractivity contribution is 7.98. The summed E-state index contributed by atoms with van der Waals surface area (Å²) in [7, 11) is 0. The predicted molar refractivity (Wildman–Crippen MR) is 301 cm³/mol. The molecule has 1 fully saturated rings. The third-order valence-electron chi connectivity index (χ3n) is 12.8. The van der Waals surface area contributed by atoms with Gasteiger partial charge in [-0.05, 0) is 83.1 Å². The van der Waals surface area contributed by atoms with E-state index in [1.807, 2.05) is 13.8 Å². The van der Waals surface area contributed by atoms with Crippen molar-refractivity contribution >= 4 is 88.7 Å². The maximum absolute atomic E-state index is 14.2. The number of primary amides is 1. The van der Waals surface area contributed by atoms with Gasteiger partial charge in [-0.2, -0.15) is 11.8 Å². The van der Waals surface area contributed by atoms with Crippen LogP contribution in [-0.4, -0.2) is 183 Å². The van der Waals surface area contributed by atoms with Gasteiger partial charge in [-0.1, -0.05) is 40.0 Å². The minimum atomic E-state index is -1.63. The molecule has 0 aliphatic carbocycles. The second-order valence-electron chi connectivity index (χ2n) is 20.4. The molecule has 1 saturated heterocycles. The van der Waals surface area contributed by atoms with Crippen LogP contribution in [0.4, 0.5) is 0 Å². The largest absolute Gasteiger partial charge is 0.481 e. The van der Waals surface area contributed by atoms with Gasteiger partial charge in [-0.25, -0.2) is 4.98 Å². The lowest BCUT2D eigenvalue weighted by atomic mass is 10.0. The van der Waals surface area contributed by atoms with Crippen LogP contribution in [0.2, 0.25) is 0 Å². The fourth-order valence-corrected chi connectivity index (χ4v) is 8.83. The number of thioether (sulfide) groups is 1. The molecule has 0 saturated carbocycles. The van der Waals surface area contributed by atoms with E-state index >= 15 is 0 Å². The molecule has 1 aliphatic rings. The fraction of sp³-hybridized carbons (Fsp3) is 0.686. The summed E-state index contributed by atoms with van der Waals surface area (Å²) in [5, 5.41) is 45.8. The molecule has 0 bridgehead atoms. The number of hydrogen-bond acceptors (Lipinski definition) is 16. The summed E-state index contributed by atoms with van der Waals surface area (Å²) in [6.07, 6.45) is 2.97. The smallest absolute Gasteiger partial charge is 0.303 e. The number of aliphatic imine (C=N–C) groups is 1. The highest BCUT2D eigenvalue weighted by Gasteiger charge is 2.36. The predicted octanol–water partition coefficient (Wildman–Crippen LogP) is -3.81. The van der Waals surface area contributed by atoms with Crippen molar-refractivity contribution in [3.8, 4) is 0 Å². The number of carboxylic acid groups (broad SMARTS) is 1. The Kier molecular flexibility index (Phi) is 32.2. The summed E-state index contributed by atoms with van der Waals surface area (Å²) >= 11 is 1.32. The zero-order valence-electron chi connectivity index (χ0n) is 47.6. The van der Waals surface area contributed by atoms with Crippen LogP contribution < -0.4 is 70.4 Å². The van der Waals surface area contributed by atoms with Gasteiger partial charge >= 0.3 is 5.97 Å². The van der Waals surface area contributed by atoms with Crippen LogP contribution in [0, 0.1) is 5.92 Å². The van der Waals surface area contributed by atoms with Crippen molar-refractivity contribution in [3.63, 3.8) is 0 Å². The van der Waals surface area contributed by atoms with E-state index in [-0.39, 0.29) is 69.9 Å². The van der Waals surface area contributed by atoms with Crippen molar-refractivity contribution < 1.29 is 67.7 Å². The summed E-state index contributed by atoms with van der Waals surface area (Å²) in [6, 6.07) is -12.9. The lowest BCUT2D eigenvalue weighted by molar-refractivity contribution is -0.139. The number of imidazole rings is 1. The quantitative estimate of drug-likeness (QED) is 0.0359. The van der Waals surface area contributed by atoms with E-state index in [1.54, 1.807) is 13.2 Å². The van der Waals surface area contributed by atoms with Crippen LogP contribution in [0.1, 0.15) is 130 Å². The molecule has 11 amide bonds. The Morgan fingerprint density at radius 3 is 1.78 bits per heavy atom. The number of nitrogens with zero attached hydrogens (tertiary/aromatic N) is 2. The standard InChI is InChI=1S/C51H86N16O14S/c1-7-13-31-45(76)65-36(23-30-25-55-26-58-30)48(79)66-37(24-38(52)69)49(80)64-35(22-27(2)3)43(74)56-19-11-9-8-10-15-39(70)67-41(29(5)68)50(81)63-33(16-17-40(71)72)47(78)61-32(14-12-20-57-51(53)54)46(77)62-34(18-21-82-6)44(75)59-28(4)42(73)60-31/h25-29,31-37,41,68H,7-24H2,1-6H3,(H2,52,69)(H,55,58)(H,56,74)(H,59,75)(H,60,73)(H,61,78)(H,62,77)(H,63,81)(H,64,80)(H,65,76)(H,66,79)(H,67,70)(H,71,72)(H4,53,54,57)/t28-,29+,31-,32-,33-,34-,35-,36-,37-,41-/m0/s1. The zero-order chi connectivity index (χ0) is 61.5. The van der Waals surface area contributed by atoms with Gasteiger partial charge < -0.3 is 85.6 Å². The van der Waals surface area contributed by atoms with Crippen LogP contribution in [0.3, 0.4) is 0 Å². The third-order valence-corrected chi connectivity index (χ3v) is 13.4. The number of carbonyl (C=O) groups is 12. The van der Waals surface area contributed by atoms with E-state index in [4.69, 9.17) is 17.2 Å². The molecule has 1 aromatic rings. The Bertz CT molecular complexity index is 2340. The van der Waals surface area contributed by atoms with E-state index < -0.39 is 151 Å². The molecule has 460 valence electrons. The number of amides is 11. The number of rotatable bonds is 19. The molecule has 2 heterocycles. The first kappa shape index (κ1) is 70.5. The molecule has 0 radical (unpaired) electrons. The van der Waals surface area contributed by atoms with Gasteiger partial charge in [-0.15, -0.1) is 0 Å². The molecule has 31 heteroatoms. The monoisotopic (exact) mass is 1180 g/mol. The van der Waals surface area contributed by atoms with Crippen LogP contribution in [-0.2, 0) is 64.0 Å². The Morgan fingerprint density at radius 2 is 1.21 bits per heavy atom. The molecule has 0 unspecified atom stereocenters. The van der Waals surface area contributed by atoms with Gasteiger partial charge in [-0.3, -0.25) is 62.5 Å². The zero-order valence-corrected chi connectivity index (χ0v) is 48.4. The van der Waals surface area contributed by atoms with Crippen molar-refractivity contribution in [1.29, 1.82) is 0 Å². The van der Waals surface area contributed by atoms with Gasteiger partial charge in [0.2, 0.25) is 65.0 Å². The summed E-state index contributed by atoms with van der Waals surface area (Å²) in [6.45, 7) is 8.03. The first-order chi connectivity index (χ1) is 38.8. The molecule has 2 rings (SSSR count). The first-order valence-electron chi connectivity index (χ1n) is 27.5. The van der Waals surface area contributed by atoms with E-state index in [9.17, 15) is 67.7 Å².